The lowest BCUT2D eigenvalue weighted by molar-refractivity contribution is -0.140. The van der Waals surface area contributed by atoms with Crippen molar-refractivity contribution in [2.45, 2.75) is 13.3 Å². The van der Waals surface area contributed by atoms with Gasteiger partial charge in [-0.15, -0.1) is 0 Å². The minimum absolute atomic E-state index is 0.0702. The number of hydrogen-bond donors (Lipinski definition) is 1. The molecular weight excluding hydrogens is 336 g/mol. The van der Waals surface area contributed by atoms with E-state index in [4.69, 9.17) is 4.74 Å². The summed E-state index contributed by atoms with van der Waals surface area (Å²) >= 11 is 0. The number of amides is 1. The van der Waals surface area contributed by atoms with Crippen LogP contribution in [-0.4, -0.2) is 47.8 Å². The van der Waals surface area contributed by atoms with Crippen LogP contribution < -0.4 is 10.2 Å². The van der Waals surface area contributed by atoms with E-state index in [0.29, 0.717) is 23.6 Å². The quantitative estimate of drug-likeness (QED) is 0.567. The summed E-state index contributed by atoms with van der Waals surface area (Å²) in [5.41, 5.74) is 1.00. The molecule has 1 aromatic carbocycles. The van der Waals surface area contributed by atoms with Crippen molar-refractivity contribution in [2.75, 3.05) is 30.4 Å². The maximum Gasteiger partial charge on any atom is 0.326 e. The highest BCUT2D eigenvalue weighted by atomic mass is 16.5. The molecule has 1 amide bonds. The molecule has 26 heavy (non-hydrogen) atoms. The van der Waals surface area contributed by atoms with Gasteiger partial charge in [0.25, 0.3) is 0 Å². The van der Waals surface area contributed by atoms with Crippen LogP contribution in [0.2, 0.25) is 0 Å². The molecule has 0 unspecified atom stereocenters. The van der Waals surface area contributed by atoms with Gasteiger partial charge in [-0.1, -0.05) is 6.92 Å². The van der Waals surface area contributed by atoms with Crippen LogP contribution in [0.3, 0.4) is 0 Å². The number of benzene rings is 1. The van der Waals surface area contributed by atoms with Crippen molar-refractivity contribution in [3.05, 3.63) is 48.3 Å². The number of ether oxygens (including phenoxy) is 1. The number of ketones is 1. The van der Waals surface area contributed by atoms with Gasteiger partial charge in [-0.2, -0.15) is 0 Å². The van der Waals surface area contributed by atoms with Crippen molar-refractivity contribution in [3.8, 4) is 0 Å². The number of nitrogens with one attached hydrogen (secondary N) is 1. The molecule has 8 nitrogen and oxygen atoms in total. The molecule has 0 aliphatic heterocycles. The SMILES string of the molecule is CCC(=O)Nc1ccc(C(=O)COC(=O)CN(C)c2ncccn2)cc1. The summed E-state index contributed by atoms with van der Waals surface area (Å²) in [5.74, 6) is -0.601. The zero-order chi connectivity index (χ0) is 18.9. The number of hydrogen-bond acceptors (Lipinski definition) is 7. The van der Waals surface area contributed by atoms with Crippen LogP contribution in [0.25, 0.3) is 0 Å². The smallest absolute Gasteiger partial charge is 0.326 e. The second kappa shape index (κ2) is 9.26. The molecule has 1 heterocycles. The highest BCUT2D eigenvalue weighted by molar-refractivity contribution is 5.99. The van der Waals surface area contributed by atoms with Gasteiger partial charge in [0.1, 0.15) is 6.54 Å². The third-order valence-electron chi connectivity index (χ3n) is 3.44. The summed E-state index contributed by atoms with van der Waals surface area (Å²) in [6.45, 7) is 1.32. The Morgan fingerprint density at radius 3 is 2.38 bits per heavy atom. The normalized spacial score (nSPS) is 10.1. The van der Waals surface area contributed by atoms with Gasteiger partial charge in [-0.25, -0.2) is 9.97 Å². The number of rotatable bonds is 8. The van der Waals surface area contributed by atoms with Crippen molar-refractivity contribution in [3.63, 3.8) is 0 Å². The lowest BCUT2D eigenvalue weighted by Crippen LogP contribution is -2.29. The second-order valence-electron chi connectivity index (χ2n) is 5.47. The van der Waals surface area contributed by atoms with E-state index in [1.165, 1.54) is 4.90 Å². The number of esters is 1. The lowest BCUT2D eigenvalue weighted by Gasteiger charge is -2.15. The summed E-state index contributed by atoms with van der Waals surface area (Å²) in [5, 5.41) is 2.69. The van der Waals surface area contributed by atoms with Gasteiger partial charge in [-0.05, 0) is 30.3 Å². The average Bonchev–Trinajstić information content (AvgIpc) is 2.67. The van der Waals surface area contributed by atoms with Gasteiger partial charge in [0.2, 0.25) is 11.9 Å². The molecule has 0 fully saturated rings. The standard InChI is InChI=1S/C18H20N4O4/c1-3-16(24)21-14-7-5-13(6-8-14)15(23)12-26-17(25)11-22(2)18-19-9-4-10-20-18/h4-10H,3,11-12H2,1-2H3,(H,21,24). The summed E-state index contributed by atoms with van der Waals surface area (Å²) in [6, 6.07) is 8.08. The first kappa shape index (κ1) is 19.0. The Morgan fingerprint density at radius 1 is 1.12 bits per heavy atom. The van der Waals surface area contributed by atoms with Crippen LogP contribution >= 0.6 is 0 Å². The molecule has 0 aliphatic rings. The number of nitrogens with zero attached hydrogens (tertiary/aromatic N) is 3. The second-order valence-corrected chi connectivity index (χ2v) is 5.47. The lowest BCUT2D eigenvalue weighted by atomic mass is 10.1. The van der Waals surface area contributed by atoms with E-state index >= 15 is 0 Å². The van der Waals surface area contributed by atoms with E-state index in [-0.39, 0.29) is 24.8 Å². The number of likely N-dealkylation sites (N-methyl/N-ethyl adjacent to an activating group) is 1. The first-order valence-corrected chi connectivity index (χ1v) is 8.06. The largest absolute Gasteiger partial charge is 0.456 e. The Morgan fingerprint density at radius 2 is 1.77 bits per heavy atom. The molecule has 2 rings (SSSR count). The summed E-state index contributed by atoms with van der Waals surface area (Å²) in [6.07, 6.45) is 3.51. The third kappa shape index (κ3) is 5.66. The molecule has 0 bridgehead atoms. The van der Waals surface area contributed by atoms with Gasteiger partial charge >= 0.3 is 5.97 Å². The Labute approximate surface area is 151 Å². The molecule has 8 heteroatoms. The number of anilines is 2. The highest BCUT2D eigenvalue weighted by Crippen LogP contribution is 2.11. The van der Waals surface area contributed by atoms with Gasteiger partial charge in [-0.3, -0.25) is 14.4 Å². The Balaban J connectivity index is 1.82. The molecule has 0 saturated heterocycles. The highest BCUT2D eigenvalue weighted by Gasteiger charge is 2.13. The predicted octanol–water partition coefficient (Wildman–Crippen LogP) is 1.69. The summed E-state index contributed by atoms with van der Waals surface area (Å²) < 4.78 is 5.01. The molecule has 2 aromatic rings. The first-order valence-electron chi connectivity index (χ1n) is 8.06. The van der Waals surface area contributed by atoms with Crippen molar-refractivity contribution >= 4 is 29.3 Å². The monoisotopic (exact) mass is 356 g/mol. The topological polar surface area (TPSA) is 101 Å². The van der Waals surface area contributed by atoms with E-state index in [1.807, 2.05) is 0 Å². The average molecular weight is 356 g/mol. The first-order chi connectivity index (χ1) is 12.5. The van der Waals surface area contributed by atoms with Crippen molar-refractivity contribution < 1.29 is 19.1 Å². The number of aromatic nitrogens is 2. The van der Waals surface area contributed by atoms with E-state index in [2.05, 4.69) is 15.3 Å². The van der Waals surface area contributed by atoms with Gasteiger partial charge in [0.05, 0.1) is 0 Å². The molecule has 0 atom stereocenters. The molecule has 0 aliphatic carbocycles. The molecule has 1 aromatic heterocycles. The molecule has 0 spiro atoms. The number of carbonyl (C=O) groups excluding carboxylic acids is 3. The van der Waals surface area contributed by atoms with Crippen LogP contribution in [0.4, 0.5) is 11.6 Å². The zero-order valence-corrected chi connectivity index (χ0v) is 14.6. The Bertz CT molecular complexity index is 763. The molecule has 0 radical (unpaired) electrons. The minimum atomic E-state index is -0.555. The maximum absolute atomic E-state index is 12.1. The van der Waals surface area contributed by atoms with Crippen LogP contribution in [0, 0.1) is 0 Å². The van der Waals surface area contributed by atoms with Crippen LogP contribution in [0.5, 0.6) is 0 Å². The van der Waals surface area contributed by atoms with Gasteiger partial charge < -0.3 is 15.0 Å². The van der Waals surface area contributed by atoms with Gasteiger partial charge in [0.15, 0.2) is 12.4 Å². The van der Waals surface area contributed by atoms with Crippen LogP contribution in [-0.2, 0) is 14.3 Å². The van der Waals surface area contributed by atoms with E-state index in [1.54, 1.807) is 56.7 Å². The van der Waals surface area contributed by atoms with Crippen molar-refractivity contribution in [2.24, 2.45) is 0 Å². The predicted molar refractivity (Wildman–Crippen MR) is 96.0 cm³/mol. The zero-order valence-electron chi connectivity index (χ0n) is 14.6. The maximum atomic E-state index is 12.1. The van der Waals surface area contributed by atoms with E-state index in [0.717, 1.165) is 0 Å². The van der Waals surface area contributed by atoms with Crippen molar-refractivity contribution in [1.29, 1.82) is 0 Å². The number of Topliss-reactive ketones (excluding diaryl/α,β-unsaturated/α-hetero) is 1. The van der Waals surface area contributed by atoms with Crippen molar-refractivity contribution in [1.82, 2.24) is 9.97 Å². The Kier molecular flexibility index (Phi) is 6.78. The van der Waals surface area contributed by atoms with Crippen LogP contribution in [0.1, 0.15) is 23.7 Å². The number of carbonyl (C=O) groups is 3. The molecule has 1 N–H and O–H groups in total. The third-order valence-corrected chi connectivity index (χ3v) is 3.44. The van der Waals surface area contributed by atoms with E-state index in [9.17, 15) is 14.4 Å². The van der Waals surface area contributed by atoms with Gasteiger partial charge in [0, 0.05) is 37.1 Å². The molecular formula is C18H20N4O4. The Hall–Kier alpha value is -3.29. The molecule has 0 saturated carbocycles. The summed E-state index contributed by atoms with van der Waals surface area (Å²) in [7, 11) is 1.65. The van der Waals surface area contributed by atoms with E-state index < -0.39 is 5.97 Å². The minimum Gasteiger partial charge on any atom is -0.456 e. The van der Waals surface area contributed by atoms with Crippen LogP contribution in [0.15, 0.2) is 42.7 Å². The summed E-state index contributed by atoms with van der Waals surface area (Å²) in [4.78, 5) is 44.8. The fraction of sp³-hybridized carbons (Fsp3) is 0.278. The fourth-order valence-electron chi connectivity index (χ4n) is 2.02. The fourth-order valence-corrected chi connectivity index (χ4v) is 2.02. The molecule has 136 valence electrons.